The van der Waals surface area contributed by atoms with Gasteiger partial charge in [-0.05, 0) is 43.2 Å². The second kappa shape index (κ2) is 9.51. The van der Waals surface area contributed by atoms with Gasteiger partial charge in [-0.25, -0.2) is 8.78 Å². The molecule has 2 rings (SSSR count). The zero-order valence-electron chi connectivity index (χ0n) is 14.9. The van der Waals surface area contributed by atoms with Gasteiger partial charge in [0.1, 0.15) is 0 Å². The van der Waals surface area contributed by atoms with Crippen molar-refractivity contribution in [1.82, 2.24) is 10.9 Å². The normalized spacial score (nSPS) is 11.4. The van der Waals surface area contributed by atoms with Crippen molar-refractivity contribution in [2.45, 2.75) is 25.9 Å². The average molecular weight is 378 g/mol. The SMILES string of the molecule is COc1ccc(CCC(=O)NNC(=O)C(C)Oc2ccccc2F)cc1F. The number of hydrogen-bond donors (Lipinski definition) is 2. The van der Waals surface area contributed by atoms with Gasteiger partial charge < -0.3 is 9.47 Å². The molecule has 0 aromatic heterocycles. The number of aryl methyl sites for hydroxylation is 1. The van der Waals surface area contributed by atoms with Crippen molar-refractivity contribution in [2.24, 2.45) is 0 Å². The van der Waals surface area contributed by atoms with Crippen LogP contribution in [0.4, 0.5) is 8.78 Å². The van der Waals surface area contributed by atoms with Crippen molar-refractivity contribution in [1.29, 1.82) is 0 Å². The fraction of sp³-hybridized carbons (Fsp3) is 0.263. The van der Waals surface area contributed by atoms with Crippen molar-refractivity contribution in [3.05, 3.63) is 59.7 Å². The van der Waals surface area contributed by atoms with Crippen molar-refractivity contribution in [3.8, 4) is 11.5 Å². The van der Waals surface area contributed by atoms with Crippen molar-refractivity contribution in [3.63, 3.8) is 0 Å². The highest BCUT2D eigenvalue weighted by Crippen LogP contribution is 2.18. The lowest BCUT2D eigenvalue weighted by molar-refractivity contribution is -0.132. The lowest BCUT2D eigenvalue weighted by Crippen LogP contribution is -2.47. The molecular formula is C19H20F2N2O4. The quantitative estimate of drug-likeness (QED) is 0.726. The minimum absolute atomic E-state index is 0.0363. The number of hydrogen-bond acceptors (Lipinski definition) is 4. The van der Waals surface area contributed by atoms with E-state index in [-0.39, 0.29) is 24.3 Å². The molecule has 2 aromatic carbocycles. The highest BCUT2D eigenvalue weighted by Gasteiger charge is 2.17. The number of methoxy groups -OCH3 is 1. The van der Waals surface area contributed by atoms with Gasteiger partial charge in [0.05, 0.1) is 7.11 Å². The lowest BCUT2D eigenvalue weighted by atomic mass is 10.1. The summed E-state index contributed by atoms with van der Waals surface area (Å²) in [6.07, 6.45) is -0.698. The molecule has 2 amide bonds. The Kier molecular flexibility index (Phi) is 7.10. The summed E-state index contributed by atoms with van der Waals surface area (Å²) >= 11 is 0. The maximum Gasteiger partial charge on any atom is 0.279 e. The van der Waals surface area contributed by atoms with Gasteiger partial charge in [-0.1, -0.05) is 18.2 Å². The first-order chi connectivity index (χ1) is 12.9. The van der Waals surface area contributed by atoms with Crippen LogP contribution in [0.1, 0.15) is 18.9 Å². The van der Waals surface area contributed by atoms with E-state index in [1.807, 2.05) is 0 Å². The van der Waals surface area contributed by atoms with Crippen molar-refractivity contribution in [2.75, 3.05) is 7.11 Å². The molecule has 1 atom stereocenters. The molecular weight excluding hydrogens is 358 g/mol. The largest absolute Gasteiger partial charge is 0.494 e. The molecule has 144 valence electrons. The molecule has 0 saturated carbocycles. The highest BCUT2D eigenvalue weighted by atomic mass is 19.1. The second-order valence-electron chi connectivity index (χ2n) is 5.70. The van der Waals surface area contributed by atoms with Gasteiger partial charge in [0, 0.05) is 6.42 Å². The first kappa shape index (κ1) is 20.2. The molecule has 0 aliphatic carbocycles. The fourth-order valence-electron chi connectivity index (χ4n) is 2.20. The van der Waals surface area contributed by atoms with Gasteiger partial charge in [-0.3, -0.25) is 20.4 Å². The van der Waals surface area contributed by atoms with E-state index < -0.39 is 29.6 Å². The van der Waals surface area contributed by atoms with Crippen LogP contribution in [0.5, 0.6) is 11.5 Å². The molecule has 0 radical (unpaired) electrons. The second-order valence-corrected chi connectivity index (χ2v) is 5.70. The molecule has 2 N–H and O–H groups in total. The van der Waals surface area contributed by atoms with Crippen molar-refractivity contribution >= 4 is 11.8 Å². The number of hydrazine groups is 1. The third-order valence-electron chi connectivity index (χ3n) is 3.69. The van der Waals surface area contributed by atoms with Crippen LogP contribution in [0.25, 0.3) is 0 Å². The van der Waals surface area contributed by atoms with E-state index in [1.54, 1.807) is 12.1 Å². The van der Waals surface area contributed by atoms with E-state index in [0.29, 0.717) is 5.56 Å². The minimum atomic E-state index is -1.02. The minimum Gasteiger partial charge on any atom is -0.494 e. The number of amides is 2. The smallest absolute Gasteiger partial charge is 0.279 e. The summed E-state index contributed by atoms with van der Waals surface area (Å²) in [5, 5.41) is 0. The van der Waals surface area contributed by atoms with Crippen LogP contribution in [0, 0.1) is 11.6 Å². The van der Waals surface area contributed by atoms with Gasteiger partial charge in [0.25, 0.3) is 5.91 Å². The number of halogens is 2. The zero-order chi connectivity index (χ0) is 19.8. The molecule has 0 fully saturated rings. The van der Waals surface area contributed by atoms with Crippen LogP contribution >= 0.6 is 0 Å². The van der Waals surface area contributed by atoms with E-state index >= 15 is 0 Å². The van der Waals surface area contributed by atoms with Gasteiger partial charge >= 0.3 is 0 Å². The summed E-state index contributed by atoms with van der Waals surface area (Å²) in [4.78, 5) is 23.7. The summed E-state index contributed by atoms with van der Waals surface area (Å²) in [6.45, 7) is 1.42. The Bertz CT molecular complexity index is 814. The number of ether oxygens (including phenoxy) is 2. The highest BCUT2D eigenvalue weighted by molar-refractivity contribution is 5.84. The van der Waals surface area contributed by atoms with Gasteiger partial charge in [-0.2, -0.15) is 0 Å². The van der Waals surface area contributed by atoms with Crippen LogP contribution in [-0.4, -0.2) is 25.0 Å². The number of para-hydroxylation sites is 1. The molecule has 0 saturated heterocycles. The van der Waals surface area contributed by atoms with Crippen molar-refractivity contribution < 1.29 is 27.8 Å². The van der Waals surface area contributed by atoms with Gasteiger partial charge in [-0.15, -0.1) is 0 Å². The maximum atomic E-state index is 13.6. The molecule has 0 heterocycles. The molecule has 8 heteroatoms. The van der Waals surface area contributed by atoms with Crippen LogP contribution in [0.2, 0.25) is 0 Å². The van der Waals surface area contributed by atoms with Crippen LogP contribution < -0.4 is 20.3 Å². The molecule has 2 aromatic rings. The van der Waals surface area contributed by atoms with Crippen LogP contribution in [-0.2, 0) is 16.0 Å². The maximum absolute atomic E-state index is 13.6. The topological polar surface area (TPSA) is 76.7 Å². The third kappa shape index (κ3) is 5.95. The Morgan fingerprint density at radius 1 is 1.04 bits per heavy atom. The van der Waals surface area contributed by atoms with E-state index in [9.17, 15) is 18.4 Å². The third-order valence-corrected chi connectivity index (χ3v) is 3.69. The number of carbonyl (C=O) groups is 2. The molecule has 27 heavy (non-hydrogen) atoms. The molecule has 0 bridgehead atoms. The van der Waals surface area contributed by atoms with E-state index in [1.165, 1.54) is 44.4 Å². The first-order valence-electron chi connectivity index (χ1n) is 8.23. The first-order valence-corrected chi connectivity index (χ1v) is 8.23. The molecule has 0 aliphatic heterocycles. The Morgan fingerprint density at radius 2 is 1.78 bits per heavy atom. The standard InChI is InChI=1S/C19H20F2N2O4/c1-12(27-17-6-4-3-5-14(17)20)19(25)23-22-18(24)10-8-13-7-9-16(26-2)15(21)11-13/h3-7,9,11-12H,8,10H2,1-2H3,(H,22,24)(H,23,25). The molecule has 0 spiro atoms. The summed E-state index contributed by atoms with van der Waals surface area (Å²) < 4.78 is 37.1. The fourth-order valence-corrected chi connectivity index (χ4v) is 2.20. The van der Waals surface area contributed by atoms with Crippen LogP contribution in [0.3, 0.4) is 0 Å². The summed E-state index contributed by atoms with van der Waals surface area (Å²) in [5.74, 6) is -2.14. The lowest BCUT2D eigenvalue weighted by Gasteiger charge is -2.15. The summed E-state index contributed by atoms with van der Waals surface area (Å²) in [5.41, 5.74) is 5.06. The number of benzene rings is 2. The predicted octanol–water partition coefficient (Wildman–Crippen LogP) is 2.52. The molecule has 0 aliphatic rings. The van der Waals surface area contributed by atoms with Crippen LogP contribution in [0.15, 0.2) is 42.5 Å². The molecule has 6 nitrogen and oxygen atoms in total. The summed E-state index contributed by atoms with van der Waals surface area (Å²) in [7, 11) is 1.37. The zero-order valence-corrected chi connectivity index (χ0v) is 14.9. The van der Waals surface area contributed by atoms with E-state index in [4.69, 9.17) is 9.47 Å². The number of nitrogens with one attached hydrogen (secondary N) is 2. The Hall–Kier alpha value is -3.16. The monoisotopic (exact) mass is 378 g/mol. The number of carbonyl (C=O) groups excluding carboxylic acids is 2. The van der Waals surface area contributed by atoms with E-state index in [0.717, 1.165) is 0 Å². The molecule has 1 unspecified atom stereocenters. The Labute approximate surface area is 155 Å². The van der Waals surface area contributed by atoms with Gasteiger partial charge in [0.2, 0.25) is 5.91 Å². The predicted molar refractivity (Wildman–Crippen MR) is 94.0 cm³/mol. The summed E-state index contributed by atoms with van der Waals surface area (Å²) in [6, 6.07) is 10.1. The Balaban J connectivity index is 1.76. The van der Waals surface area contributed by atoms with E-state index in [2.05, 4.69) is 10.9 Å². The van der Waals surface area contributed by atoms with Gasteiger partial charge in [0.15, 0.2) is 29.2 Å². The number of rotatable bonds is 7. The Morgan fingerprint density at radius 3 is 2.44 bits per heavy atom. The average Bonchev–Trinajstić information content (AvgIpc) is 2.66.